The Morgan fingerprint density at radius 2 is 2.00 bits per heavy atom. The van der Waals surface area contributed by atoms with Gasteiger partial charge in [0.1, 0.15) is 0 Å². The fourth-order valence-electron chi connectivity index (χ4n) is 2.41. The van der Waals surface area contributed by atoms with Gasteiger partial charge < -0.3 is 5.32 Å². The van der Waals surface area contributed by atoms with Crippen LogP contribution >= 0.6 is 11.6 Å². The quantitative estimate of drug-likeness (QED) is 0.806. The average molecular weight is 278 g/mol. The zero-order chi connectivity index (χ0) is 13.3. The fourth-order valence-corrected chi connectivity index (χ4v) is 2.63. The van der Waals surface area contributed by atoms with Crippen molar-refractivity contribution in [2.75, 3.05) is 5.32 Å². The van der Waals surface area contributed by atoms with E-state index in [1.807, 2.05) is 0 Å². The summed E-state index contributed by atoms with van der Waals surface area (Å²) in [5.74, 6) is 0.495. The molecular formula is C13H15ClF3N. The molecule has 1 saturated carbocycles. The first-order chi connectivity index (χ1) is 8.38. The van der Waals surface area contributed by atoms with E-state index in [2.05, 4.69) is 12.2 Å². The van der Waals surface area contributed by atoms with Gasteiger partial charge in [-0.2, -0.15) is 13.2 Å². The molecule has 1 aliphatic rings. The van der Waals surface area contributed by atoms with Crippen LogP contribution in [-0.4, -0.2) is 6.04 Å². The van der Waals surface area contributed by atoms with Crippen LogP contribution in [-0.2, 0) is 6.18 Å². The van der Waals surface area contributed by atoms with E-state index < -0.39 is 11.7 Å². The van der Waals surface area contributed by atoms with Crippen molar-refractivity contribution in [3.63, 3.8) is 0 Å². The molecule has 0 amide bonds. The predicted molar refractivity (Wildman–Crippen MR) is 66.9 cm³/mol. The van der Waals surface area contributed by atoms with Gasteiger partial charge in [-0.15, -0.1) is 0 Å². The Hall–Kier alpha value is -0.900. The normalized spacial score (nSPS) is 24.3. The maximum absolute atomic E-state index is 12.7. The second-order valence-electron chi connectivity index (χ2n) is 4.85. The molecule has 0 aliphatic heterocycles. The topological polar surface area (TPSA) is 12.0 Å². The standard InChI is InChI=1S/C13H15ClF3N/c1-8-3-2-4-12(8)18-9-5-6-11(14)10(7-9)13(15,16)17/h5-8,12,18H,2-4H2,1H3. The van der Waals surface area contributed by atoms with Gasteiger partial charge in [0.2, 0.25) is 0 Å². The summed E-state index contributed by atoms with van der Waals surface area (Å²) in [4.78, 5) is 0. The van der Waals surface area contributed by atoms with Gasteiger partial charge in [0.05, 0.1) is 10.6 Å². The molecule has 0 heterocycles. The first-order valence-corrected chi connectivity index (χ1v) is 6.39. The molecule has 2 rings (SSSR count). The predicted octanol–water partition coefficient (Wildman–Crippen LogP) is 4.96. The smallest absolute Gasteiger partial charge is 0.382 e. The Bertz CT molecular complexity index is 431. The van der Waals surface area contributed by atoms with Crippen molar-refractivity contribution >= 4 is 17.3 Å². The molecule has 1 aromatic rings. The van der Waals surface area contributed by atoms with Crippen LogP contribution < -0.4 is 5.32 Å². The number of alkyl halides is 3. The van der Waals surface area contributed by atoms with E-state index in [0.29, 0.717) is 11.6 Å². The molecule has 1 N–H and O–H groups in total. The van der Waals surface area contributed by atoms with E-state index in [0.717, 1.165) is 25.3 Å². The van der Waals surface area contributed by atoms with E-state index in [-0.39, 0.29) is 11.1 Å². The van der Waals surface area contributed by atoms with Crippen LogP contribution in [0.15, 0.2) is 18.2 Å². The molecule has 1 fully saturated rings. The Labute approximate surface area is 109 Å². The molecule has 1 nitrogen and oxygen atoms in total. The summed E-state index contributed by atoms with van der Waals surface area (Å²) in [6.45, 7) is 2.12. The average Bonchev–Trinajstić information content (AvgIpc) is 2.66. The molecule has 0 radical (unpaired) electrons. The number of halogens is 4. The maximum atomic E-state index is 12.7. The summed E-state index contributed by atoms with van der Waals surface area (Å²) < 4.78 is 38.1. The summed E-state index contributed by atoms with van der Waals surface area (Å²) in [7, 11) is 0. The lowest BCUT2D eigenvalue weighted by Gasteiger charge is -2.20. The van der Waals surface area contributed by atoms with E-state index in [1.54, 1.807) is 6.07 Å². The van der Waals surface area contributed by atoms with Crippen molar-refractivity contribution in [2.45, 2.75) is 38.4 Å². The maximum Gasteiger partial charge on any atom is 0.417 e. The number of anilines is 1. The largest absolute Gasteiger partial charge is 0.417 e. The minimum absolute atomic E-state index is 0.257. The van der Waals surface area contributed by atoms with Crippen molar-refractivity contribution in [3.05, 3.63) is 28.8 Å². The van der Waals surface area contributed by atoms with Crippen molar-refractivity contribution in [3.8, 4) is 0 Å². The Morgan fingerprint density at radius 1 is 1.28 bits per heavy atom. The molecule has 2 unspecified atom stereocenters. The molecule has 2 atom stereocenters. The number of hydrogen-bond donors (Lipinski definition) is 1. The summed E-state index contributed by atoms with van der Waals surface area (Å²) in [5.41, 5.74) is -0.287. The molecule has 1 aromatic carbocycles. The van der Waals surface area contributed by atoms with E-state index >= 15 is 0 Å². The SMILES string of the molecule is CC1CCCC1Nc1ccc(Cl)c(C(F)(F)F)c1. The molecule has 5 heteroatoms. The first kappa shape index (κ1) is 13.5. The number of hydrogen-bond acceptors (Lipinski definition) is 1. The van der Waals surface area contributed by atoms with Crippen molar-refractivity contribution in [1.29, 1.82) is 0 Å². The van der Waals surface area contributed by atoms with Gasteiger partial charge in [-0.3, -0.25) is 0 Å². The van der Waals surface area contributed by atoms with Gasteiger partial charge >= 0.3 is 6.18 Å². The monoisotopic (exact) mass is 277 g/mol. The molecule has 0 spiro atoms. The van der Waals surface area contributed by atoms with E-state index in [9.17, 15) is 13.2 Å². The zero-order valence-corrected chi connectivity index (χ0v) is 10.8. The Kier molecular flexibility index (Phi) is 3.76. The van der Waals surface area contributed by atoms with Crippen LogP contribution in [0.5, 0.6) is 0 Å². The molecule has 100 valence electrons. The van der Waals surface area contributed by atoms with Crippen LogP contribution in [0.4, 0.5) is 18.9 Å². The lowest BCUT2D eigenvalue weighted by molar-refractivity contribution is -0.137. The number of rotatable bonds is 2. The van der Waals surface area contributed by atoms with Crippen LogP contribution in [0, 0.1) is 5.92 Å². The van der Waals surface area contributed by atoms with Crippen molar-refractivity contribution in [1.82, 2.24) is 0 Å². The number of nitrogens with one attached hydrogen (secondary N) is 1. The summed E-state index contributed by atoms with van der Waals surface area (Å²) in [5, 5.41) is 2.91. The van der Waals surface area contributed by atoms with Gasteiger partial charge in [-0.25, -0.2) is 0 Å². The third kappa shape index (κ3) is 2.91. The van der Waals surface area contributed by atoms with Gasteiger partial charge in [-0.05, 0) is 37.0 Å². The van der Waals surface area contributed by atoms with E-state index in [1.165, 1.54) is 6.07 Å². The zero-order valence-electron chi connectivity index (χ0n) is 10.0. The highest BCUT2D eigenvalue weighted by Crippen LogP contribution is 2.37. The highest BCUT2D eigenvalue weighted by Gasteiger charge is 2.33. The van der Waals surface area contributed by atoms with Gasteiger partial charge in [-0.1, -0.05) is 24.9 Å². The van der Waals surface area contributed by atoms with Gasteiger partial charge in [0, 0.05) is 11.7 Å². The Morgan fingerprint density at radius 3 is 2.56 bits per heavy atom. The summed E-state index contributed by atoms with van der Waals surface area (Å²) in [6.07, 6.45) is -1.16. The van der Waals surface area contributed by atoms with Gasteiger partial charge in [0.25, 0.3) is 0 Å². The van der Waals surface area contributed by atoms with Crippen LogP contribution in [0.3, 0.4) is 0 Å². The lowest BCUT2D eigenvalue weighted by Crippen LogP contribution is -2.22. The van der Waals surface area contributed by atoms with Crippen molar-refractivity contribution in [2.24, 2.45) is 5.92 Å². The van der Waals surface area contributed by atoms with Gasteiger partial charge in [0.15, 0.2) is 0 Å². The number of benzene rings is 1. The minimum Gasteiger partial charge on any atom is -0.382 e. The third-order valence-corrected chi connectivity index (χ3v) is 3.81. The minimum atomic E-state index is -4.41. The van der Waals surface area contributed by atoms with Crippen LogP contribution in [0.1, 0.15) is 31.7 Å². The van der Waals surface area contributed by atoms with Crippen molar-refractivity contribution < 1.29 is 13.2 Å². The second kappa shape index (κ2) is 5.00. The van der Waals surface area contributed by atoms with Crippen LogP contribution in [0.2, 0.25) is 5.02 Å². The van der Waals surface area contributed by atoms with Crippen LogP contribution in [0.25, 0.3) is 0 Å². The fraction of sp³-hybridized carbons (Fsp3) is 0.538. The molecule has 0 bridgehead atoms. The second-order valence-corrected chi connectivity index (χ2v) is 5.26. The Balaban J connectivity index is 2.19. The first-order valence-electron chi connectivity index (χ1n) is 6.01. The summed E-state index contributed by atoms with van der Waals surface area (Å²) >= 11 is 5.58. The highest BCUT2D eigenvalue weighted by molar-refractivity contribution is 6.31. The van der Waals surface area contributed by atoms with E-state index in [4.69, 9.17) is 11.6 Å². The molecule has 1 aliphatic carbocycles. The lowest BCUT2D eigenvalue weighted by atomic mass is 10.1. The highest BCUT2D eigenvalue weighted by atomic mass is 35.5. The third-order valence-electron chi connectivity index (χ3n) is 3.49. The molecule has 0 aromatic heterocycles. The molecule has 0 saturated heterocycles. The molecule has 18 heavy (non-hydrogen) atoms. The summed E-state index contributed by atoms with van der Waals surface area (Å²) in [6, 6.07) is 4.25. The molecular weight excluding hydrogens is 263 g/mol.